The lowest BCUT2D eigenvalue weighted by Crippen LogP contribution is -2.12. The number of carbonyl (C=O) groups excluding carboxylic acids is 1. The molecule has 6 nitrogen and oxygen atoms in total. The predicted octanol–water partition coefficient (Wildman–Crippen LogP) is 3.87. The van der Waals surface area contributed by atoms with Gasteiger partial charge in [0.05, 0.1) is 0 Å². The van der Waals surface area contributed by atoms with Gasteiger partial charge in [-0.25, -0.2) is 4.98 Å². The van der Waals surface area contributed by atoms with Crippen molar-refractivity contribution in [2.75, 3.05) is 17.4 Å². The van der Waals surface area contributed by atoms with Gasteiger partial charge < -0.3 is 20.1 Å². The summed E-state index contributed by atoms with van der Waals surface area (Å²) >= 11 is 1.50. The molecule has 4 rings (SSSR count). The van der Waals surface area contributed by atoms with E-state index in [-0.39, 0.29) is 12.7 Å². The summed E-state index contributed by atoms with van der Waals surface area (Å²) in [6.45, 7) is 0.206. The molecule has 1 aromatic heterocycles. The van der Waals surface area contributed by atoms with Crippen molar-refractivity contribution in [1.82, 2.24) is 4.98 Å². The molecule has 0 radical (unpaired) electrons. The summed E-state index contributed by atoms with van der Waals surface area (Å²) in [6.07, 6.45) is 1.73. The second kappa shape index (κ2) is 6.21. The maximum Gasteiger partial charge on any atom is 0.255 e. The van der Waals surface area contributed by atoms with Crippen molar-refractivity contribution in [2.24, 2.45) is 0 Å². The summed E-state index contributed by atoms with van der Waals surface area (Å²) in [5.41, 5.74) is 2.01. The molecule has 1 aliphatic heterocycles. The van der Waals surface area contributed by atoms with Gasteiger partial charge in [-0.2, -0.15) is 0 Å². The number of anilines is 3. The summed E-state index contributed by atoms with van der Waals surface area (Å²) in [4.78, 5) is 16.6. The second-order valence-electron chi connectivity index (χ2n) is 5.07. The number of carbonyl (C=O) groups is 1. The van der Waals surface area contributed by atoms with Crippen LogP contribution in [0.1, 0.15) is 10.4 Å². The molecule has 0 fully saturated rings. The topological polar surface area (TPSA) is 72.5 Å². The van der Waals surface area contributed by atoms with Gasteiger partial charge in [0.1, 0.15) is 0 Å². The molecule has 2 heterocycles. The van der Waals surface area contributed by atoms with Crippen LogP contribution in [0.5, 0.6) is 11.5 Å². The van der Waals surface area contributed by atoms with Crippen molar-refractivity contribution >= 4 is 33.8 Å². The number of thiazole rings is 1. The van der Waals surface area contributed by atoms with Crippen LogP contribution in [-0.4, -0.2) is 17.7 Å². The van der Waals surface area contributed by atoms with E-state index in [2.05, 4.69) is 15.6 Å². The fourth-order valence-electron chi connectivity index (χ4n) is 2.32. The smallest absolute Gasteiger partial charge is 0.255 e. The van der Waals surface area contributed by atoms with Crippen LogP contribution in [0.2, 0.25) is 0 Å². The van der Waals surface area contributed by atoms with E-state index in [1.54, 1.807) is 36.5 Å². The maximum absolute atomic E-state index is 12.4. The van der Waals surface area contributed by atoms with Gasteiger partial charge in [-0.05, 0) is 30.3 Å². The SMILES string of the molecule is O=C(Nc1ccc2c(c1)OCO2)c1cccc(Nc2nccs2)c1. The molecule has 1 aliphatic rings. The Kier molecular flexibility index (Phi) is 3.76. The van der Waals surface area contributed by atoms with E-state index in [0.717, 1.165) is 10.8 Å². The van der Waals surface area contributed by atoms with Gasteiger partial charge in [-0.3, -0.25) is 4.79 Å². The molecule has 3 aromatic rings. The molecule has 24 heavy (non-hydrogen) atoms. The summed E-state index contributed by atoms with van der Waals surface area (Å²) < 4.78 is 10.6. The lowest BCUT2D eigenvalue weighted by atomic mass is 10.2. The summed E-state index contributed by atoms with van der Waals surface area (Å²) in [5.74, 6) is 1.12. The number of amides is 1. The van der Waals surface area contributed by atoms with Crippen molar-refractivity contribution in [2.45, 2.75) is 0 Å². The summed E-state index contributed by atoms with van der Waals surface area (Å²) in [6, 6.07) is 12.6. The molecule has 120 valence electrons. The van der Waals surface area contributed by atoms with Gasteiger partial charge in [0.2, 0.25) is 6.79 Å². The Morgan fingerprint density at radius 1 is 1.08 bits per heavy atom. The fourth-order valence-corrected chi connectivity index (χ4v) is 2.87. The number of benzene rings is 2. The Hall–Kier alpha value is -3.06. The summed E-state index contributed by atoms with van der Waals surface area (Å²) in [7, 11) is 0. The Labute approximate surface area is 142 Å². The van der Waals surface area contributed by atoms with Crippen LogP contribution in [0, 0.1) is 0 Å². The van der Waals surface area contributed by atoms with Crippen LogP contribution >= 0.6 is 11.3 Å². The first kappa shape index (κ1) is 14.5. The quantitative estimate of drug-likeness (QED) is 0.755. The number of nitrogens with zero attached hydrogens (tertiary/aromatic N) is 1. The van der Waals surface area contributed by atoms with Crippen LogP contribution in [0.15, 0.2) is 54.0 Å². The van der Waals surface area contributed by atoms with E-state index < -0.39 is 0 Å². The Morgan fingerprint density at radius 2 is 2.00 bits per heavy atom. The third kappa shape index (κ3) is 3.02. The van der Waals surface area contributed by atoms with Gasteiger partial charge in [-0.15, -0.1) is 11.3 Å². The molecule has 0 unspecified atom stereocenters. The average molecular weight is 339 g/mol. The lowest BCUT2D eigenvalue weighted by molar-refractivity contribution is 0.102. The molecule has 2 N–H and O–H groups in total. The Bertz CT molecular complexity index is 881. The molecule has 0 spiro atoms. The zero-order valence-electron chi connectivity index (χ0n) is 12.5. The number of rotatable bonds is 4. The number of nitrogens with one attached hydrogen (secondary N) is 2. The van der Waals surface area contributed by atoms with Gasteiger partial charge in [0.25, 0.3) is 5.91 Å². The number of ether oxygens (including phenoxy) is 2. The van der Waals surface area contributed by atoms with Crippen molar-refractivity contribution in [3.63, 3.8) is 0 Å². The highest BCUT2D eigenvalue weighted by Crippen LogP contribution is 2.34. The average Bonchev–Trinajstić information content (AvgIpc) is 3.26. The highest BCUT2D eigenvalue weighted by Gasteiger charge is 2.14. The Balaban J connectivity index is 1.50. The molecular formula is C17H13N3O3S. The minimum atomic E-state index is -0.198. The van der Waals surface area contributed by atoms with Gasteiger partial charge in [0, 0.05) is 34.6 Å². The zero-order chi connectivity index (χ0) is 16.4. The minimum Gasteiger partial charge on any atom is -0.454 e. The largest absolute Gasteiger partial charge is 0.454 e. The van der Waals surface area contributed by atoms with Crippen molar-refractivity contribution in [1.29, 1.82) is 0 Å². The first-order valence-electron chi connectivity index (χ1n) is 7.25. The maximum atomic E-state index is 12.4. The highest BCUT2D eigenvalue weighted by atomic mass is 32.1. The van der Waals surface area contributed by atoms with Crippen molar-refractivity contribution < 1.29 is 14.3 Å². The number of hydrogen-bond donors (Lipinski definition) is 2. The van der Waals surface area contributed by atoms with Crippen LogP contribution in [0.3, 0.4) is 0 Å². The third-order valence-electron chi connectivity index (χ3n) is 3.44. The monoisotopic (exact) mass is 339 g/mol. The van der Waals surface area contributed by atoms with E-state index in [4.69, 9.17) is 9.47 Å². The molecule has 0 bridgehead atoms. The normalized spacial score (nSPS) is 12.0. The lowest BCUT2D eigenvalue weighted by Gasteiger charge is -2.08. The van der Waals surface area contributed by atoms with Crippen LogP contribution in [0.25, 0.3) is 0 Å². The molecule has 0 saturated carbocycles. The summed E-state index contributed by atoms with van der Waals surface area (Å²) in [5, 5.41) is 8.69. The first-order chi connectivity index (χ1) is 11.8. The molecular weight excluding hydrogens is 326 g/mol. The number of hydrogen-bond acceptors (Lipinski definition) is 6. The second-order valence-corrected chi connectivity index (χ2v) is 5.96. The molecule has 0 saturated heterocycles. The van der Waals surface area contributed by atoms with Crippen molar-refractivity contribution in [3.05, 3.63) is 59.6 Å². The molecule has 0 atom stereocenters. The zero-order valence-corrected chi connectivity index (χ0v) is 13.3. The molecule has 1 amide bonds. The van der Waals surface area contributed by atoms with E-state index >= 15 is 0 Å². The number of fused-ring (bicyclic) bond motifs is 1. The molecule has 0 aliphatic carbocycles. The first-order valence-corrected chi connectivity index (χ1v) is 8.13. The Morgan fingerprint density at radius 3 is 2.88 bits per heavy atom. The minimum absolute atomic E-state index is 0.198. The van der Waals surface area contributed by atoms with Crippen LogP contribution in [0.4, 0.5) is 16.5 Å². The standard InChI is InChI=1S/C17H13N3O3S/c21-16(19-13-4-5-14-15(9-13)23-10-22-14)11-2-1-3-12(8-11)20-17-18-6-7-24-17/h1-9H,10H2,(H,18,20)(H,19,21). The molecule has 2 aromatic carbocycles. The van der Waals surface area contributed by atoms with Crippen molar-refractivity contribution in [3.8, 4) is 11.5 Å². The highest BCUT2D eigenvalue weighted by molar-refractivity contribution is 7.13. The van der Waals surface area contributed by atoms with Crippen LogP contribution < -0.4 is 20.1 Å². The van der Waals surface area contributed by atoms with E-state index in [0.29, 0.717) is 22.7 Å². The van der Waals surface area contributed by atoms with E-state index in [9.17, 15) is 4.79 Å². The van der Waals surface area contributed by atoms with Gasteiger partial charge >= 0.3 is 0 Å². The van der Waals surface area contributed by atoms with Gasteiger partial charge in [0.15, 0.2) is 16.6 Å². The van der Waals surface area contributed by atoms with Gasteiger partial charge in [-0.1, -0.05) is 6.07 Å². The molecule has 7 heteroatoms. The third-order valence-corrected chi connectivity index (χ3v) is 4.13. The van der Waals surface area contributed by atoms with E-state index in [1.807, 2.05) is 17.5 Å². The van der Waals surface area contributed by atoms with E-state index in [1.165, 1.54) is 11.3 Å². The fraction of sp³-hybridized carbons (Fsp3) is 0.0588. The predicted molar refractivity (Wildman–Crippen MR) is 92.4 cm³/mol. The van der Waals surface area contributed by atoms with Crippen LogP contribution in [-0.2, 0) is 0 Å². The number of aromatic nitrogens is 1.